The normalized spacial score (nSPS) is 9.00. The van der Waals surface area contributed by atoms with Gasteiger partial charge < -0.3 is 0 Å². The molecule has 0 aliphatic heterocycles. The fraction of sp³-hybridized carbons (Fsp3) is 0. The first kappa shape index (κ1) is 4.77. The molecule has 0 heterocycles. The van der Waals surface area contributed by atoms with Crippen LogP contribution in [-0.2, 0) is 0 Å². The summed E-state index contributed by atoms with van der Waals surface area (Å²) in [4.78, 5) is 0. The highest BCUT2D eigenvalue weighted by Gasteiger charge is 1.86. The van der Waals surface area contributed by atoms with Gasteiger partial charge in [-0.2, -0.15) is 8.39 Å². The van der Waals surface area contributed by atoms with Gasteiger partial charge in [0.05, 0.1) is 0 Å². The Morgan fingerprint density at radius 3 is 1.50 bits per heavy atom. The maximum atomic E-state index is 10.3. The summed E-state index contributed by atoms with van der Waals surface area (Å²) in [5.41, 5.74) is 0. The van der Waals surface area contributed by atoms with Crippen LogP contribution >= 0.6 is 22.7 Å². The lowest BCUT2D eigenvalue weighted by Crippen LogP contribution is -1.04. The average molecular weight is 149 g/mol. The molecule has 4 heteroatoms. The molecule has 0 amide bonds. The summed E-state index contributed by atoms with van der Waals surface area (Å²) in [6.07, 6.45) is 0. The van der Waals surface area contributed by atoms with Crippen molar-refractivity contribution in [2.75, 3.05) is 0 Å². The summed E-state index contributed by atoms with van der Waals surface area (Å²) >= 11 is 2.00. The fourth-order valence-corrected chi connectivity index (χ4v) is 0. The minimum atomic E-state index is -2.81. The molecular formula is BrF2P. The van der Waals surface area contributed by atoms with Crippen LogP contribution in [0.5, 0.6) is 0 Å². The molecule has 0 aromatic rings. The second-order valence-corrected chi connectivity index (χ2v) is 2.18. The van der Waals surface area contributed by atoms with Crippen molar-refractivity contribution in [3.05, 3.63) is 0 Å². The third kappa shape index (κ3) is 14.6. The summed E-state index contributed by atoms with van der Waals surface area (Å²) in [6.45, 7) is 0. The predicted octanol–water partition coefficient (Wildman–Crippen LogP) is 2.55. The molecule has 0 N–H and O–H groups in total. The van der Waals surface area contributed by atoms with E-state index in [-0.39, 0.29) is 0 Å². The van der Waals surface area contributed by atoms with Gasteiger partial charge in [0.25, 0.3) is 0 Å². The molecule has 0 spiro atoms. The van der Waals surface area contributed by atoms with Crippen molar-refractivity contribution >= 4 is 22.7 Å². The summed E-state index contributed by atoms with van der Waals surface area (Å²) in [5, 5.41) is 0. The number of hydrogen-bond acceptors (Lipinski definition) is 0. The second-order valence-electron chi connectivity index (χ2n) is 0.192. The molecule has 0 unspecified atom stereocenters. The molecule has 0 atom stereocenters. The third-order valence-corrected chi connectivity index (χ3v) is 0. The lowest BCUT2D eigenvalue weighted by molar-refractivity contribution is 0.777. The van der Waals surface area contributed by atoms with Crippen molar-refractivity contribution in [1.82, 2.24) is 0 Å². The van der Waals surface area contributed by atoms with Gasteiger partial charge in [0, 0.05) is 15.5 Å². The molecule has 0 aromatic carbocycles. The molecule has 0 saturated carbocycles. The fourth-order valence-electron chi connectivity index (χ4n) is 0. The Morgan fingerprint density at radius 1 is 1.50 bits per heavy atom. The molecule has 0 fully saturated rings. The van der Waals surface area contributed by atoms with Gasteiger partial charge in [0.15, 0.2) is 0 Å². The van der Waals surface area contributed by atoms with Gasteiger partial charge in [0.1, 0.15) is 0 Å². The molecule has 0 bridgehead atoms. The van der Waals surface area contributed by atoms with Gasteiger partial charge in [-0.3, -0.25) is 0 Å². The van der Waals surface area contributed by atoms with Crippen molar-refractivity contribution in [3.63, 3.8) is 0 Å². The standard InChI is InChI=1S/BrF2P/c1-4(2)3. The zero-order valence-corrected chi connectivity index (χ0v) is 4.06. The Labute approximate surface area is 31.9 Å². The summed E-state index contributed by atoms with van der Waals surface area (Å²) < 4.78 is 20.6. The van der Waals surface area contributed by atoms with E-state index in [0.29, 0.717) is 0 Å². The Bertz CT molecular complexity index is 10.8. The van der Waals surface area contributed by atoms with Gasteiger partial charge in [0.2, 0.25) is 0 Å². The number of halogens is 3. The van der Waals surface area contributed by atoms with Crippen molar-refractivity contribution in [2.24, 2.45) is 0 Å². The van der Waals surface area contributed by atoms with E-state index in [9.17, 15) is 8.39 Å². The zero-order valence-electron chi connectivity index (χ0n) is 1.58. The van der Waals surface area contributed by atoms with E-state index in [1.54, 1.807) is 0 Å². The average Bonchev–Trinajstić information content (AvgIpc) is 0.811. The van der Waals surface area contributed by atoms with Crippen molar-refractivity contribution in [3.8, 4) is 0 Å². The quantitative estimate of drug-likeness (QED) is 0.464. The minimum absolute atomic E-state index is 2.00. The molecule has 0 aliphatic rings. The first-order valence-corrected chi connectivity index (χ1v) is 3.65. The SMILES string of the molecule is FP(F)Br. The van der Waals surface area contributed by atoms with Gasteiger partial charge in [-0.1, -0.05) is 0 Å². The zero-order chi connectivity index (χ0) is 3.58. The predicted molar refractivity (Wildman–Crippen MR) is 18.1 cm³/mol. The monoisotopic (exact) mass is 148 g/mol. The summed E-state index contributed by atoms with van der Waals surface area (Å²) in [5.74, 6) is 0. The van der Waals surface area contributed by atoms with E-state index in [1.807, 2.05) is 15.5 Å². The van der Waals surface area contributed by atoms with E-state index >= 15 is 0 Å². The van der Waals surface area contributed by atoms with E-state index in [0.717, 1.165) is 0 Å². The molecular weight excluding hydrogens is 149 g/mol. The van der Waals surface area contributed by atoms with E-state index < -0.39 is 7.25 Å². The van der Waals surface area contributed by atoms with Crippen LogP contribution in [0, 0.1) is 0 Å². The van der Waals surface area contributed by atoms with Crippen molar-refractivity contribution in [2.45, 2.75) is 0 Å². The largest absolute Gasteiger partial charge is 0.335 e. The van der Waals surface area contributed by atoms with Crippen LogP contribution in [0.2, 0.25) is 0 Å². The van der Waals surface area contributed by atoms with Gasteiger partial charge in [-0.05, 0) is 0 Å². The Kier molecular flexibility index (Phi) is 2.43. The topological polar surface area (TPSA) is 0 Å². The van der Waals surface area contributed by atoms with Gasteiger partial charge in [-0.15, -0.1) is 0 Å². The molecule has 4 heavy (non-hydrogen) atoms. The lowest BCUT2D eigenvalue weighted by atomic mass is 18.8. The Morgan fingerprint density at radius 2 is 1.50 bits per heavy atom. The smallest absolute Gasteiger partial charge is 0.175 e. The van der Waals surface area contributed by atoms with Crippen LogP contribution in [0.15, 0.2) is 0 Å². The van der Waals surface area contributed by atoms with E-state index in [2.05, 4.69) is 0 Å². The molecule has 0 aliphatic carbocycles. The first-order chi connectivity index (χ1) is 1.73. The molecule has 0 nitrogen and oxygen atoms in total. The Hall–Kier alpha value is 0.770. The highest BCUT2D eigenvalue weighted by atomic mass is 79.9. The van der Waals surface area contributed by atoms with Gasteiger partial charge >= 0.3 is 7.25 Å². The van der Waals surface area contributed by atoms with Crippen LogP contribution in [0.4, 0.5) is 8.39 Å². The van der Waals surface area contributed by atoms with Gasteiger partial charge in [-0.25, -0.2) is 0 Å². The molecule has 0 radical (unpaired) electrons. The molecule has 0 saturated heterocycles. The summed E-state index contributed by atoms with van der Waals surface area (Å²) in [7, 11) is -2.81. The first-order valence-electron chi connectivity index (χ1n) is 0.507. The minimum Gasteiger partial charge on any atom is -0.175 e. The van der Waals surface area contributed by atoms with Crippen LogP contribution in [-0.4, -0.2) is 0 Å². The van der Waals surface area contributed by atoms with Crippen LogP contribution < -0.4 is 0 Å². The molecule has 0 aromatic heterocycles. The second kappa shape index (κ2) is 2.04. The third-order valence-electron chi connectivity index (χ3n) is 0. The number of hydrogen-bond donors (Lipinski definition) is 0. The van der Waals surface area contributed by atoms with Crippen LogP contribution in [0.25, 0.3) is 0 Å². The summed E-state index contributed by atoms with van der Waals surface area (Å²) in [6, 6.07) is 0. The number of rotatable bonds is 0. The van der Waals surface area contributed by atoms with Crippen molar-refractivity contribution < 1.29 is 8.39 Å². The maximum absolute atomic E-state index is 10.3. The van der Waals surface area contributed by atoms with Crippen molar-refractivity contribution in [1.29, 1.82) is 0 Å². The van der Waals surface area contributed by atoms with Crippen LogP contribution in [0.1, 0.15) is 0 Å². The lowest BCUT2D eigenvalue weighted by Gasteiger charge is -1.64. The molecule has 26 valence electrons. The Balaban J connectivity index is 2.32. The highest BCUT2D eigenvalue weighted by molar-refractivity contribution is 9.38. The highest BCUT2D eigenvalue weighted by Crippen LogP contribution is 2.46. The van der Waals surface area contributed by atoms with Crippen LogP contribution in [0.3, 0.4) is 0 Å². The van der Waals surface area contributed by atoms with E-state index in [1.165, 1.54) is 0 Å². The van der Waals surface area contributed by atoms with E-state index in [4.69, 9.17) is 0 Å². The molecule has 0 rings (SSSR count). The maximum Gasteiger partial charge on any atom is 0.335 e.